The monoisotopic (exact) mass is 578 g/mol. The van der Waals surface area contributed by atoms with Crippen molar-refractivity contribution in [2.24, 2.45) is 0 Å². The molecule has 11 nitrogen and oxygen atoms in total. The number of carbonyl (C=O) groups excluding carboxylic acids is 2. The maximum Gasteiger partial charge on any atom is 0.394 e. The fourth-order valence-electron chi connectivity index (χ4n) is 3.35. The summed E-state index contributed by atoms with van der Waals surface area (Å²) >= 11 is 1.11. The molecule has 0 saturated heterocycles. The third-order valence-electron chi connectivity index (χ3n) is 5.17. The number of alkyl halides is 3. The molecular formula is C24H22F4N8O3S. The van der Waals surface area contributed by atoms with Gasteiger partial charge in [0.05, 0.1) is 12.7 Å². The summed E-state index contributed by atoms with van der Waals surface area (Å²) in [5.41, 5.74) is -0.000734. The number of benzene rings is 1. The summed E-state index contributed by atoms with van der Waals surface area (Å²) in [6.07, 6.45) is -1.78. The molecule has 210 valence electrons. The number of anilines is 1. The second-order valence-electron chi connectivity index (χ2n) is 8.48. The van der Waals surface area contributed by atoms with Crippen LogP contribution in [0.3, 0.4) is 0 Å². The average Bonchev–Trinajstić information content (AvgIpc) is 3.57. The highest BCUT2D eigenvalue weighted by Crippen LogP contribution is 2.23. The Balaban J connectivity index is 1.23. The summed E-state index contributed by atoms with van der Waals surface area (Å²) in [7, 11) is 0. The van der Waals surface area contributed by atoms with Crippen LogP contribution >= 0.6 is 11.3 Å². The molecule has 2 N–H and O–H groups in total. The van der Waals surface area contributed by atoms with Crippen molar-refractivity contribution in [3.05, 3.63) is 76.6 Å². The fourth-order valence-corrected chi connectivity index (χ4v) is 4.10. The number of rotatable bonds is 12. The lowest BCUT2D eigenvalue weighted by atomic mass is 10.2. The molecule has 40 heavy (non-hydrogen) atoms. The second kappa shape index (κ2) is 12.6. The topological polar surface area (TPSA) is 137 Å². The third-order valence-corrected chi connectivity index (χ3v) is 6.06. The van der Waals surface area contributed by atoms with Gasteiger partial charge in [0.25, 0.3) is 11.8 Å². The first kappa shape index (κ1) is 28.5. The lowest BCUT2D eigenvalue weighted by Crippen LogP contribution is -2.24. The highest BCUT2D eigenvalue weighted by Gasteiger charge is 2.24. The van der Waals surface area contributed by atoms with Crippen molar-refractivity contribution < 1.29 is 31.9 Å². The zero-order valence-corrected chi connectivity index (χ0v) is 21.7. The van der Waals surface area contributed by atoms with Gasteiger partial charge in [0.1, 0.15) is 28.4 Å². The van der Waals surface area contributed by atoms with Crippen molar-refractivity contribution in [1.29, 1.82) is 0 Å². The van der Waals surface area contributed by atoms with Crippen LogP contribution < -0.4 is 15.4 Å². The first-order valence-corrected chi connectivity index (χ1v) is 12.6. The van der Waals surface area contributed by atoms with Crippen LogP contribution in [0.15, 0.2) is 48.8 Å². The molecule has 0 saturated carbocycles. The number of amides is 2. The number of carbonyl (C=O) groups is 2. The first-order chi connectivity index (χ1) is 19.1. The van der Waals surface area contributed by atoms with E-state index in [-0.39, 0.29) is 53.8 Å². The van der Waals surface area contributed by atoms with Gasteiger partial charge >= 0.3 is 6.11 Å². The summed E-state index contributed by atoms with van der Waals surface area (Å²) in [6, 6.07) is 7.95. The zero-order valence-electron chi connectivity index (χ0n) is 20.9. The third kappa shape index (κ3) is 8.26. The van der Waals surface area contributed by atoms with Crippen LogP contribution in [0, 0.1) is 5.82 Å². The molecule has 0 aliphatic carbocycles. The van der Waals surface area contributed by atoms with E-state index in [4.69, 9.17) is 0 Å². The Labute approximate surface area is 228 Å². The van der Waals surface area contributed by atoms with E-state index in [0.29, 0.717) is 11.9 Å². The number of pyridine rings is 1. The van der Waals surface area contributed by atoms with Crippen LogP contribution in [0.25, 0.3) is 0 Å². The zero-order chi connectivity index (χ0) is 28.7. The van der Waals surface area contributed by atoms with Gasteiger partial charge in [0.15, 0.2) is 5.69 Å². The highest BCUT2D eigenvalue weighted by atomic mass is 32.1. The van der Waals surface area contributed by atoms with Crippen LogP contribution in [-0.4, -0.2) is 54.3 Å². The number of hydrogen-bond acceptors (Lipinski definition) is 9. The Bertz CT molecular complexity index is 1460. The molecule has 1 atom stereocenters. The van der Waals surface area contributed by atoms with Gasteiger partial charge in [0, 0.05) is 31.6 Å². The molecular weight excluding hydrogens is 556 g/mol. The molecule has 0 fully saturated rings. The standard InChI is InChI=1S/C24H22F4N8O3S/c1-24(27,28)39-16-6-7-17(26)14(10-16)11-30-21(37)19-13-36(35-32-19)12-15(25)5-8-20-33-34-23(40-20)31-22(38)18-4-2-3-9-29-18/h2-4,6-7,9-10,13,15H,5,8,11-12H2,1H3,(H,30,37)(H,31,34,38). The van der Waals surface area contributed by atoms with Gasteiger partial charge < -0.3 is 10.1 Å². The van der Waals surface area contributed by atoms with Gasteiger partial charge in [-0.3, -0.25) is 19.9 Å². The second-order valence-corrected chi connectivity index (χ2v) is 9.54. The number of nitrogens with one attached hydrogen (secondary N) is 2. The Kier molecular flexibility index (Phi) is 8.98. The van der Waals surface area contributed by atoms with E-state index < -0.39 is 29.9 Å². The molecule has 0 radical (unpaired) electrons. The summed E-state index contributed by atoms with van der Waals surface area (Å²) in [5.74, 6) is -2.15. The van der Waals surface area contributed by atoms with E-state index in [1.165, 1.54) is 12.4 Å². The van der Waals surface area contributed by atoms with Crippen LogP contribution in [0.5, 0.6) is 5.75 Å². The van der Waals surface area contributed by atoms with Gasteiger partial charge in [0.2, 0.25) is 5.13 Å². The highest BCUT2D eigenvalue weighted by molar-refractivity contribution is 7.15. The molecule has 1 aromatic carbocycles. The maximum absolute atomic E-state index is 14.6. The van der Waals surface area contributed by atoms with Crippen LogP contribution in [0.4, 0.5) is 22.7 Å². The van der Waals surface area contributed by atoms with E-state index in [9.17, 15) is 27.2 Å². The van der Waals surface area contributed by atoms with Crippen LogP contribution in [-0.2, 0) is 19.5 Å². The Hall–Kier alpha value is -4.47. The van der Waals surface area contributed by atoms with Crippen molar-refractivity contribution in [3.63, 3.8) is 0 Å². The van der Waals surface area contributed by atoms with Gasteiger partial charge in [-0.05, 0) is 36.8 Å². The van der Waals surface area contributed by atoms with Crippen molar-refractivity contribution in [3.8, 4) is 5.75 Å². The smallest absolute Gasteiger partial charge is 0.394 e. The summed E-state index contributed by atoms with van der Waals surface area (Å²) in [5, 5.41) is 21.0. The number of halogens is 4. The Morgan fingerprint density at radius 3 is 2.70 bits per heavy atom. The molecule has 0 aliphatic rings. The van der Waals surface area contributed by atoms with Gasteiger partial charge in [-0.2, -0.15) is 8.78 Å². The van der Waals surface area contributed by atoms with Gasteiger partial charge in [-0.25, -0.2) is 13.5 Å². The number of aromatic nitrogens is 6. The molecule has 0 bridgehead atoms. The minimum absolute atomic E-state index is 0.0682. The number of ether oxygens (including phenoxy) is 1. The lowest BCUT2D eigenvalue weighted by molar-refractivity contribution is -0.159. The van der Waals surface area contributed by atoms with Crippen molar-refractivity contribution in [2.75, 3.05) is 5.32 Å². The van der Waals surface area contributed by atoms with E-state index in [0.717, 1.165) is 34.2 Å². The minimum Gasteiger partial charge on any atom is -0.433 e. The molecule has 0 spiro atoms. The van der Waals surface area contributed by atoms with Crippen molar-refractivity contribution >= 4 is 28.3 Å². The average molecular weight is 579 g/mol. The largest absolute Gasteiger partial charge is 0.433 e. The predicted octanol–water partition coefficient (Wildman–Crippen LogP) is 3.81. The molecule has 16 heteroatoms. The fraction of sp³-hybridized carbons (Fsp3) is 0.292. The predicted molar refractivity (Wildman–Crippen MR) is 134 cm³/mol. The van der Waals surface area contributed by atoms with Gasteiger partial charge in [-0.1, -0.05) is 22.6 Å². The summed E-state index contributed by atoms with van der Waals surface area (Å²) in [6.45, 7) is 0.0195. The van der Waals surface area contributed by atoms with Crippen molar-refractivity contribution in [2.45, 2.75) is 45.1 Å². The van der Waals surface area contributed by atoms with E-state index in [1.54, 1.807) is 18.2 Å². The van der Waals surface area contributed by atoms with Crippen LogP contribution in [0.2, 0.25) is 0 Å². The van der Waals surface area contributed by atoms with E-state index in [2.05, 4.69) is 40.9 Å². The minimum atomic E-state index is -3.46. The quantitative estimate of drug-likeness (QED) is 0.242. The van der Waals surface area contributed by atoms with E-state index >= 15 is 0 Å². The van der Waals surface area contributed by atoms with Gasteiger partial charge in [-0.15, -0.1) is 15.3 Å². The normalized spacial score (nSPS) is 12.1. The number of hydrogen-bond donors (Lipinski definition) is 2. The molecule has 1 unspecified atom stereocenters. The Morgan fingerprint density at radius 1 is 1.12 bits per heavy atom. The molecule has 2 amide bonds. The molecule has 3 heterocycles. The molecule has 0 aliphatic heterocycles. The molecule has 4 rings (SSSR count). The van der Waals surface area contributed by atoms with Crippen LogP contribution in [0.1, 0.15) is 44.9 Å². The van der Waals surface area contributed by atoms with Crippen molar-refractivity contribution in [1.82, 2.24) is 35.5 Å². The first-order valence-electron chi connectivity index (χ1n) is 11.8. The lowest BCUT2D eigenvalue weighted by Gasteiger charge is -2.14. The Morgan fingerprint density at radius 2 is 1.95 bits per heavy atom. The van der Waals surface area contributed by atoms with E-state index in [1.807, 2.05) is 0 Å². The number of aryl methyl sites for hydroxylation is 1. The summed E-state index contributed by atoms with van der Waals surface area (Å²) < 4.78 is 60.3. The maximum atomic E-state index is 14.6. The summed E-state index contributed by atoms with van der Waals surface area (Å²) in [4.78, 5) is 28.5. The number of nitrogens with zero attached hydrogens (tertiary/aromatic N) is 6. The molecule has 4 aromatic rings. The molecule has 3 aromatic heterocycles. The SMILES string of the molecule is CC(F)(F)Oc1ccc(F)c(CNC(=O)c2cn(CC(F)CCc3nnc(NC(=O)c4ccccn4)s3)nn2)c1.